The van der Waals surface area contributed by atoms with Gasteiger partial charge in [0.1, 0.15) is 11.5 Å². The van der Waals surface area contributed by atoms with Crippen LogP contribution in [0.25, 0.3) is 5.69 Å². The van der Waals surface area contributed by atoms with Crippen molar-refractivity contribution < 1.29 is 13.9 Å². The summed E-state index contributed by atoms with van der Waals surface area (Å²) < 4.78 is 20.3. The zero-order chi connectivity index (χ0) is 14.7. The number of ether oxygens (including phenoxy) is 1. The van der Waals surface area contributed by atoms with Crippen molar-refractivity contribution in [2.45, 2.75) is 6.92 Å². The lowest BCUT2D eigenvalue weighted by Gasteiger charge is -2.08. The van der Waals surface area contributed by atoms with Crippen LogP contribution in [-0.2, 0) is 4.74 Å². The molecule has 0 amide bonds. The first-order valence-electron chi connectivity index (χ1n) is 5.75. The third-order valence-corrected chi connectivity index (χ3v) is 2.93. The van der Waals surface area contributed by atoms with Crippen LogP contribution < -0.4 is 5.43 Å². The van der Waals surface area contributed by atoms with Crippen LogP contribution in [0.15, 0.2) is 39.7 Å². The zero-order valence-electron chi connectivity index (χ0n) is 10.5. The molecule has 0 aliphatic rings. The molecular weight excluding hydrogens is 331 g/mol. The van der Waals surface area contributed by atoms with Crippen LogP contribution in [-0.4, -0.2) is 22.4 Å². The molecule has 2 rings (SSSR count). The molecule has 0 N–H and O–H groups in total. The second kappa shape index (κ2) is 5.96. The number of nitrogens with zero attached hydrogens (tertiary/aromatic N) is 2. The molecule has 104 valence electrons. The van der Waals surface area contributed by atoms with Crippen LogP contribution in [0, 0.1) is 5.82 Å². The lowest BCUT2D eigenvalue weighted by molar-refractivity contribution is 0.0515. The summed E-state index contributed by atoms with van der Waals surface area (Å²) in [6.45, 7) is 1.74. The second-order valence-corrected chi connectivity index (χ2v) is 4.71. The molecule has 0 aliphatic heterocycles. The molecule has 20 heavy (non-hydrogen) atoms. The summed E-state index contributed by atoms with van der Waals surface area (Å²) in [6.07, 6.45) is 1.29. The third-order valence-electron chi connectivity index (χ3n) is 2.43. The molecule has 0 saturated carbocycles. The summed E-state index contributed by atoms with van der Waals surface area (Å²) in [5.41, 5.74) is -0.839. The van der Waals surface area contributed by atoms with Crippen molar-refractivity contribution in [3.8, 4) is 5.69 Å². The van der Waals surface area contributed by atoms with E-state index >= 15 is 0 Å². The summed E-state index contributed by atoms with van der Waals surface area (Å²) in [7, 11) is 0. The highest BCUT2D eigenvalue weighted by Gasteiger charge is 2.15. The van der Waals surface area contributed by atoms with Crippen LogP contribution in [0.5, 0.6) is 0 Å². The van der Waals surface area contributed by atoms with E-state index < -0.39 is 17.2 Å². The Morgan fingerprint density at radius 1 is 1.45 bits per heavy atom. The van der Waals surface area contributed by atoms with Gasteiger partial charge in [0.2, 0.25) is 11.1 Å². The van der Waals surface area contributed by atoms with E-state index in [0.717, 1.165) is 10.7 Å². The maximum absolute atomic E-state index is 13.8. The Morgan fingerprint density at radius 2 is 2.20 bits per heavy atom. The Kier molecular flexibility index (Phi) is 4.29. The number of esters is 1. The molecule has 1 aromatic heterocycles. The van der Waals surface area contributed by atoms with Gasteiger partial charge in [-0.25, -0.2) is 13.9 Å². The topological polar surface area (TPSA) is 61.2 Å². The van der Waals surface area contributed by atoms with Crippen LogP contribution in [0.3, 0.4) is 0 Å². The lowest BCUT2D eigenvalue weighted by atomic mass is 10.3. The lowest BCUT2D eigenvalue weighted by Crippen LogP contribution is -2.22. The average molecular weight is 341 g/mol. The highest BCUT2D eigenvalue weighted by molar-refractivity contribution is 9.10. The van der Waals surface area contributed by atoms with Crippen LogP contribution in [0.1, 0.15) is 17.4 Å². The number of carbonyl (C=O) groups excluding carboxylic acids is 1. The Hall–Kier alpha value is -2.02. The quantitative estimate of drug-likeness (QED) is 0.804. The smallest absolute Gasteiger partial charge is 0.362 e. The van der Waals surface area contributed by atoms with Crippen LogP contribution in [0.2, 0.25) is 0 Å². The molecule has 1 aromatic carbocycles. The minimum atomic E-state index is -0.831. The first kappa shape index (κ1) is 14.4. The van der Waals surface area contributed by atoms with E-state index in [1.54, 1.807) is 6.92 Å². The summed E-state index contributed by atoms with van der Waals surface area (Å²) in [4.78, 5) is 23.2. The molecule has 0 saturated heterocycles. The number of aromatic nitrogens is 2. The Labute approximate surface area is 122 Å². The van der Waals surface area contributed by atoms with E-state index in [9.17, 15) is 14.0 Å². The number of benzene rings is 1. The molecule has 0 atom stereocenters. The van der Waals surface area contributed by atoms with Gasteiger partial charge in [0, 0.05) is 16.7 Å². The SMILES string of the molecule is CCOC(=O)c1nn(-c2cc(Br)ccc2F)ccc1=O. The van der Waals surface area contributed by atoms with E-state index in [1.807, 2.05) is 0 Å². The van der Waals surface area contributed by atoms with Gasteiger partial charge in [0.15, 0.2) is 0 Å². The van der Waals surface area contributed by atoms with Crippen molar-refractivity contribution in [3.63, 3.8) is 0 Å². The Morgan fingerprint density at radius 3 is 2.90 bits per heavy atom. The monoisotopic (exact) mass is 340 g/mol. The van der Waals surface area contributed by atoms with Gasteiger partial charge < -0.3 is 4.74 Å². The highest BCUT2D eigenvalue weighted by Crippen LogP contribution is 2.18. The molecule has 1 heterocycles. The van der Waals surface area contributed by atoms with Gasteiger partial charge in [-0.15, -0.1) is 0 Å². The Balaban J connectivity index is 2.54. The molecule has 7 heteroatoms. The maximum atomic E-state index is 13.8. The van der Waals surface area contributed by atoms with Crippen LogP contribution >= 0.6 is 15.9 Å². The normalized spacial score (nSPS) is 10.3. The number of rotatable bonds is 3. The maximum Gasteiger partial charge on any atom is 0.362 e. The van der Waals surface area contributed by atoms with Gasteiger partial charge in [0.05, 0.1) is 6.61 Å². The highest BCUT2D eigenvalue weighted by atomic mass is 79.9. The van der Waals surface area contributed by atoms with Crippen molar-refractivity contribution in [1.29, 1.82) is 0 Å². The molecule has 0 radical (unpaired) electrons. The number of carbonyl (C=O) groups is 1. The van der Waals surface area contributed by atoms with Gasteiger partial charge in [-0.2, -0.15) is 5.10 Å². The Bertz CT molecular complexity index is 715. The van der Waals surface area contributed by atoms with E-state index in [-0.39, 0.29) is 18.0 Å². The predicted octanol–water partition coefficient (Wildman–Crippen LogP) is 2.31. The summed E-state index contributed by atoms with van der Waals surface area (Å²) in [6, 6.07) is 5.41. The first-order valence-corrected chi connectivity index (χ1v) is 6.54. The molecule has 0 bridgehead atoms. The molecular formula is C13H10BrFN2O3. The van der Waals surface area contributed by atoms with Gasteiger partial charge in [-0.3, -0.25) is 4.79 Å². The van der Waals surface area contributed by atoms with Crippen molar-refractivity contribution in [3.05, 3.63) is 56.7 Å². The number of hydrogen-bond donors (Lipinski definition) is 0. The fourth-order valence-corrected chi connectivity index (χ4v) is 1.89. The van der Waals surface area contributed by atoms with Crippen molar-refractivity contribution in [2.75, 3.05) is 6.61 Å². The molecule has 0 spiro atoms. The molecule has 5 nitrogen and oxygen atoms in total. The van der Waals surface area contributed by atoms with Gasteiger partial charge >= 0.3 is 5.97 Å². The van der Waals surface area contributed by atoms with E-state index in [2.05, 4.69) is 21.0 Å². The summed E-state index contributed by atoms with van der Waals surface area (Å²) in [5.74, 6) is -1.36. The molecule has 0 unspecified atom stereocenters. The number of halogens is 2. The zero-order valence-corrected chi connectivity index (χ0v) is 12.1. The molecule has 0 aliphatic carbocycles. The van der Waals surface area contributed by atoms with Gasteiger partial charge in [-0.05, 0) is 25.1 Å². The standard InChI is InChI=1S/C13H10BrFN2O3/c1-2-20-13(19)12-11(18)5-6-17(16-12)10-7-8(14)3-4-9(10)15/h3-7H,2H2,1H3. The van der Waals surface area contributed by atoms with E-state index in [4.69, 9.17) is 4.74 Å². The fourth-order valence-electron chi connectivity index (χ4n) is 1.54. The largest absolute Gasteiger partial charge is 0.461 e. The number of hydrogen-bond acceptors (Lipinski definition) is 4. The van der Waals surface area contributed by atoms with Crippen molar-refractivity contribution in [1.82, 2.24) is 9.78 Å². The second-order valence-electron chi connectivity index (χ2n) is 3.79. The van der Waals surface area contributed by atoms with Gasteiger partial charge in [-0.1, -0.05) is 15.9 Å². The van der Waals surface area contributed by atoms with Crippen molar-refractivity contribution in [2.24, 2.45) is 0 Å². The van der Waals surface area contributed by atoms with Crippen molar-refractivity contribution >= 4 is 21.9 Å². The summed E-state index contributed by atoms with van der Waals surface area (Å²) in [5, 5.41) is 3.83. The molecule has 2 aromatic rings. The average Bonchev–Trinajstić information content (AvgIpc) is 2.42. The van der Waals surface area contributed by atoms with E-state index in [0.29, 0.717) is 4.47 Å². The van der Waals surface area contributed by atoms with Gasteiger partial charge in [0.25, 0.3) is 0 Å². The fraction of sp³-hybridized carbons (Fsp3) is 0.154. The minimum Gasteiger partial charge on any atom is -0.461 e. The first-order chi connectivity index (χ1) is 9.52. The van der Waals surface area contributed by atoms with E-state index in [1.165, 1.54) is 24.4 Å². The predicted molar refractivity (Wildman–Crippen MR) is 73.4 cm³/mol. The minimum absolute atomic E-state index is 0.116. The molecule has 0 fully saturated rings. The third kappa shape index (κ3) is 2.93. The summed E-state index contributed by atoms with van der Waals surface area (Å²) >= 11 is 3.22. The van der Waals surface area contributed by atoms with Crippen LogP contribution in [0.4, 0.5) is 4.39 Å².